The normalized spacial score (nSPS) is 12.3. The number of rotatable bonds is 6. The van der Waals surface area contributed by atoms with Crippen LogP contribution in [0.4, 0.5) is 0 Å². The van der Waals surface area contributed by atoms with Crippen molar-refractivity contribution in [1.29, 1.82) is 0 Å². The molecule has 0 spiro atoms. The van der Waals surface area contributed by atoms with E-state index in [1.807, 2.05) is 66.5 Å². The van der Waals surface area contributed by atoms with Crippen molar-refractivity contribution >= 4 is 16.8 Å². The van der Waals surface area contributed by atoms with E-state index in [-0.39, 0.29) is 18.6 Å². The van der Waals surface area contributed by atoms with Gasteiger partial charge in [0.1, 0.15) is 0 Å². The van der Waals surface area contributed by atoms with E-state index in [2.05, 4.69) is 30.2 Å². The molecule has 0 aliphatic heterocycles. The van der Waals surface area contributed by atoms with Crippen LogP contribution < -0.4 is 5.32 Å². The van der Waals surface area contributed by atoms with Gasteiger partial charge in [0.2, 0.25) is 0 Å². The first-order valence-corrected chi connectivity index (χ1v) is 10.8. The van der Waals surface area contributed by atoms with Gasteiger partial charge < -0.3 is 10.4 Å². The number of hydrogen-bond acceptors (Lipinski definition) is 4. The van der Waals surface area contributed by atoms with Gasteiger partial charge in [-0.05, 0) is 55.2 Å². The van der Waals surface area contributed by atoms with Crippen LogP contribution in [0.2, 0.25) is 0 Å². The Hall–Kier alpha value is -3.51. The molecule has 2 heterocycles. The zero-order chi connectivity index (χ0) is 22.8. The number of pyridine rings is 1. The van der Waals surface area contributed by atoms with Crippen LogP contribution in [0.25, 0.3) is 27.8 Å². The fourth-order valence-corrected chi connectivity index (χ4v) is 3.81. The summed E-state index contributed by atoms with van der Waals surface area (Å²) in [7, 11) is 0. The second-order valence-electron chi connectivity index (χ2n) is 8.50. The van der Waals surface area contributed by atoms with Gasteiger partial charge in [-0.15, -0.1) is 0 Å². The van der Waals surface area contributed by atoms with E-state index in [0.717, 1.165) is 33.4 Å². The summed E-state index contributed by atoms with van der Waals surface area (Å²) in [6.45, 7) is 7.94. The zero-order valence-corrected chi connectivity index (χ0v) is 18.8. The molecule has 1 unspecified atom stereocenters. The molecule has 0 bridgehead atoms. The molecule has 2 aromatic carbocycles. The van der Waals surface area contributed by atoms with E-state index in [1.54, 1.807) is 6.92 Å². The first kappa shape index (κ1) is 21.7. The minimum atomic E-state index is -0.342. The molecule has 6 nitrogen and oxygen atoms in total. The third-order valence-corrected chi connectivity index (χ3v) is 5.58. The number of carbonyl (C=O) groups excluding carboxylic acids is 1. The number of carbonyl (C=O) groups is 1. The lowest BCUT2D eigenvalue weighted by molar-refractivity contribution is 0.0922. The van der Waals surface area contributed by atoms with Crippen molar-refractivity contribution in [1.82, 2.24) is 20.1 Å². The predicted octanol–water partition coefficient (Wildman–Crippen LogP) is 4.63. The second-order valence-corrected chi connectivity index (χ2v) is 8.50. The minimum absolute atomic E-state index is 0.125. The second kappa shape index (κ2) is 8.93. The summed E-state index contributed by atoms with van der Waals surface area (Å²) >= 11 is 0. The number of aromatic nitrogens is 3. The molecule has 2 aromatic heterocycles. The van der Waals surface area contributed by atoms with Crippen molar-refractivity contribution in [3.8, 4) is 16.9 Å². The fraction of sp³-hybridized carbons (Fsp3) is 0.269. The van der Waals surface area contributed by atoms with Gasteiger partial charge in [0.05, 0.1) is 29.7 Å². The van der Waals surface area contributed by atoms with Gasteiger partial charge in [0.25, 0.3) is 5.91 Å². The van der Waals surface area contributed by atoms with Crippen molar-refractivity contribution in [3.63, 3.8) is 0 Å². The molecule has 0 aliphatic rings. The summed E-state index contributed by atoms with van der Waals surface area (Å²) < 4.78 is 1.90. The van der Waals surface area contributed by atoms with Crippen LogP contribution in [0.15, 0.2) is 60.9 Å². The van der Waals surface area contributed by atoms with Gasteiger partial charge in [-0.3, -0.25) is 9.78 Å². The molecule has 1 atom stereocenters. The third kappa shape index (κ3) is 4.14. The van der Waals surface area contributed by atoms with Crippen molar-refractivity contribution in [2.45, 2.75) is 39.7 Å². The Morgan fingerprint density at radius 2 is 1.88 bits per heavy atom. The fourth-order valence-electron chi connectivity index (χ4n) is 3.81. The van der Waals surface area contributed by atoms with Crippen LogP contribution >= 0.6 is 0 Å². The van der Waals surface area contributed by atoms with Crippen LogP contribution in [-0.4, -0.2) is 38.4 Å². The summed E-state index contributed by atoms with van der Waals surface area (Å²) in [4.78, 5) is 17.6. The Bertz CT molecular complexity index is 1260. The van der Waals surface area contributed by atoms with Crippen LogP contribution in [0.3, 0.4) is 0 Å². The van der Waals surface area contributed by atoms with Gasteiger partial charge in [0.15, 0.2) is 0 Å². The van der Waals surface area contributed by atoms with Gasteiger partial charge in [-0.25, -0.2) is 4.68 Å². The Kier molecular flexibility index (Phi) is 6.06. The Labute approximate surface area is 187 Å². The highest BCUT2D eigenvalue weighted by atomic mass is 16.3. The summed E-state index contributed by atoms with van der Waals surface area (Å²) in [6.07, 6.45) is 3.65. The number of amides is 1. The molecule has 4 aromatic rings. The van der Waals surface area contributed by atoms with E-state index in [0.29, 0.717) is 11.5 Å². The monoisotopic (exact) mass is 428 g/mol. The molecule has 164 valence electrons. The number of nitrogens with one attached hydrogen (secondary N) is 1. The largest absolute Gasteiger partial charge is 0.394 e. The topological polar surface area (TPSA) is 80.0 Å². The number of benzene rings is 2. The minimum Gasteiger partial charge on any atom is -0.394 e. The lowest BCUT2D eigenvalue weighted by Gasteiger charge is -2.15. The average molecular weight is 429 g/mol. The van der Waals surface area contributed by atoms with E-state index in [1.165, 1.54) is 5.56 Å². The number of fused-ring (bicyclic) bond motifs is 1. The molecule has 1 amide bonds. The number of aliphatic hydroxyl groups excluding tert-OH is 1. The molecule has 2 N–H and O–H groups in total. The number of nitrogens with zero attached hydrogens (tertiary/aromatic N) is 3. The molecule has 6 heteroatoms. The summed E-state index contributed by atoms with van der Waals surface area (Å²) in [6, 6.07) is 15.5. The average Bonchev–Trinajstić information content (AvgIpc) is 3.22. The highest BCUT2D eigenvalue weighted by Gasteiger charge is 2.19. The van der Waals surface area contributed by atoms with Crippen molar-refractivity contribution in [2.75, 3.05) is 6.61 Å². The molecule has 0 saturated heterocycles. The van der Waals surface area contributed by atoms with E-state index in [4.69, 9.17) is 5.10 Å². The highest BCUT2D eigenvalue weighted by Crippen LogP contribution is 2.32. The van der Waals surface area contributed by atoms with Crippen molar-refractivity contribution in [2.24, 2.45) is 0 Å². The van der Waals surface area contributed by atoms with Crippen molar-refractivity contribution < 1.29 is 9.90 Å². The van der Waals surface area contributed by atoms with Gasteiger partial charge in [-0.2, -0.15) is 5.10 Å². The molecule has 0 aliphatic carbocycles. The summed E-state index contributed by atoms with van der Waals surface area (Å²) in [5.41, 5.74) is 6.19. The Morgan fingerprint density at radius 3 is 2.56 bits per heavy atom. The SMILES string of the molecule is Cc1ccc(-c2cc(C(=O)NC(C)CO)cc3c2cnn3-c2ccccc2C(C)C)nc1. The standard InChI is InChI=1S/C26H28N4O2/c1-16(2)20-7-5-6-8-24(20)30-25-12-19(26(32)29-18(4)15-31)11-21(22(25)14-28-30)23-10-9-17(3)13-27-23/h5-14,16,18,31H,15H2,1-4H3,(H,29,32). The third-order valence-electron chi connectivity index (χ3n) is 5.58. The summed E-state index contributed by atoms with van der Waals surface area (Å²) in [5, 5.41) is 17.8. The first-order valence-electron chi connectivity index (χ1n) is 10.8. The number of para-hydroxylation sites is 1. The lowest BCUT2D eigenvalue weighted by atomic mass is 10.00. The maximum absolute atomic E-state index is 13.0. The van der Waals surface area contributed by atoms with Crippen LogP contribution in [0, 0.1) is 6.92 Å². The van der Waals surface area contributed by atoms with Gasteiger partial charge >= 0.3 is 0 Å². The van der Waals surface area contributed by atoms with Crippen molar-refractivity contribution in [3.05, 3.63) is 77.6 Å². The van der Waals surface area contributed by atoms with Crippen LogP contribution in [0.5, 0.6) is 0 Å². The maximum atomic E-state index is 13.0. The molecule has 0 radical (unpaired) electrons. The molecule has 0 fully saturated rings. The highest BCUT2D eigenvalue weighted by molar-refractivity contribution is 6.03. The number of aliphatic hydroxyl groups is 1. The quantitative estimate of drug-likeness (QED) is 0.469. The Morgan fingerprint density at radius 1 is 1.09 bits per heavy atom. The van der Waals surface area contributed by atoms with E-state index < -0.39 is 0 Å². The molecule has 32 heavy (non-hydrogen) atoms. The smallest absolute Gasteiger partial charge is 0.251 e. The number of aryl methyl sites for hydroxylation is 1. The zero-order valence-electron chi connectivity index (χ0n) is 18.8. The molecule has 0 saturated carbocycles. The summed E-state index contributed by atoms with van der Waals surface area (Å²) in [5.74, 6) is 0.0762. The molecular weight excluding hydrogens is 400 g/mol. The molecule has 4 rings (SSSR count). The Balaban J connectivity index is 1.96. The van der Waals surface area contributed by atoms with E-state index in [9.17, 15) is 9.90 Å². The van der Waals surface area contributed by atoms with Gasteiger partial charge in [0, 0.05) is 28.8 Å². The molecular formula is C26H28N4O2. The number of hydrogen-bond donors (Lipinski definition) is 2. The maximum Gasteiger partial charge on any atom is 0.251 e. The predicted molar refractivity (Wildman–Crippen MR) is 127 cm³/mol. The first-order chi connectivity index (χ1) is 15.4. The lowest BCUT2D eigenvalue weighted by Crippen LogP contribution is -2.35. The van der Waals surface area contributed by atoms with Crippen LogP contribution in [-0.2, 0) is 0 Å². The van der Waals surface area contributed by atoms with E-state index >= 15 is 0 Å². The van der Waals surface area contributed by atoms with Crippen LogP contribution in [0.1, 0.15) is 48.2 Å². The van der Waals surface area contributed by atoms with Gasteiger partial charge in [-0.1, -0.05) is 38.1 Å².